The largest absolute Gasteiger partial charge is 0.389 e. The zero-order valence-electron chi connectivity index (χ0n) is 14.2. The van der Waals surface area contributed by atoms with Crippen molar-refractivity contribution in [3.05, 3.63) is 29.8 Å². The zero-order valence-corrected chi connectivity index (χ0v) is 14.2. The van der Waals surface area contributed by atoms with E-state index in [1.807, 2.05) is 24.3 Å². The summed E-state index contributed by atoms with van der Waals surface area (Å²) in [7, 11) is 0. The van der Waals surface area contributed by atoms with Gasteiger partial charge in [-0.25, -0.2) is 0 Å². The van der Waals surface area contributed by atoms with Crippen LogP contribution in [0, 0.1) is 16.7 Å². The molecule has 3 nitrogen and oxygen atoms in total. The number of hydrogen-bond donors (Lipinski definition) is 2. The van der Waals surface area contributed by atoms with Crippen LogP contribution in [0.5, 0.6) is 0 Å². The van der Waals surface area contributed by atoms with Gasteiger partial charge in [-0.15, -0.1) is 0 Å². The molecule has 0 heterocycles. The highest BCUT2D eigenvalue weighted by Crippen LogP contribution is 2.52. The molecule has 2 N–H and O–H groups in total. The first-order valence-corrected chi connectivity index (χ1v) is 8.30. The molecule has 1 saturated carbocycles. The molecule has 1 aliphatic rings. The molecule has 2 rings (SSSR count). The third kappa shape index (κ3) is 3.05. The number of nitrogens with one attached hydrogen (secondary N) is 1. The first-order chi connectivity index (χ1) is 10.3. The molecular weight excluding hydrogens is 274 g/mol. The average Bonchev–Trinajstić information content (AvgIpc) is 2.47. The van der Waals surface area contributed by atoms with E-state index < -0.39 is 6.10 Å². The molecule has 1 aromatic rings. The Morgan fingerprint density at radius 1 is 1.36 bits per heavy atom. The van der Waals surface area contributed by atoms with Crippen molar-refractivity contribution in [1.29, 1.82) is 0 Å². The molecule has 1 aliphatic carbocycles. The summed E-state index contributed by atoms with van der Waals surface area (Å²) in [6, 6.07) is 7.80. The van der Waals surface area contributed by atoms with Gasteiger partial charge >= 0.3 is 0 Å². The van der Waals surface area contributed by atoms with Crippen LogP contribution in [0.25, 0.3) is 0 Å². The van der Waals surface area contributed by atoms with E-state index in [0.717, 1.165) is 24.1 Å². The van der Waals surface area contributed by atoms with Crippen molar-refractivity contribution >= 4 is 12.0 Å². The molecule has 0 radical (unpaired) electrons. The van der Waals surface area contributed by atoms with Crippen LogP contribution in [0.2, 0.25) is 0 Å². The Morgan fingerprint density at radius 2 is 2.00 bits per heavy atom. The fourth-order valence-corrected chi connectivity index (χ4v) is 3.87. The van der Waals surface area contributed by atoms with E-state index in [2.05, 4.69) is 26.1 Å². The second kappa shape index (κ2) is 6.41. The minimum absolute atomic E-state index is 0.0129. The van der Waals surface area contributed by atoms with Crippen molar-refractivity contribution in [2.75, 3.05) is 11.9 Å². The number of benzene rings is 1. The third-order valence-electron chi connectivity index (χ3n) is 5.77. The normalized spacial score (nSPS) is 28.9. The molecule has 0 aromatic heterocycles. The molecule has 22 heavy (non-hydrogen) atoms. The lowest BCUT2D eigenvalue weighted by atomic mass is 9.54. The predicted molar refractivity (Wildman–Crippen MR) is 90.9 cm³/mol. The summed E-state index contributed by atoms with van der Waals surface area (Å²) >= 11 is 0. The van der Waals surface area contributed by atoms with Crippen LogP contribution in [-0.2, 0) is 4.79 Å². The monoisotopic (exact) mass is 303 g/mol. The molecule has 3 atom stereocenters. The van der Waals surface area contributed by atoms with Crippen LogP contribution in [0.3, 0.4) is 0 Å². The predicted octanol–water partition coefficient (Wildman–Crippen LogP) is 4.18. The number of anilines is 1. The van der Waals surface area contributed by atoms with Crippen molar-refractivity contribution in [2.45, 2.75) is 53.1 Å². The van der Waals surface area contributed by atoms with Crippen LogP contribution >= 0.6 is 0 Å². The van der Waals surface area contributed by atoms with Gasteiger partial charge in [-0.2, -0.15) is 0 Å². The zero-order chi connectivity index (χ0) is 16.4. The summed E-state index contributed by atoms with van der Waals surface area (Å²) in [5.74, 6) is 0.387. The first-order valence-electron chi connectivity index (χ1n) is 8.30. The van der Waals surface area contributed by atoms with Gasteiger partial charge < -0.3 is 15.2 Å². The molecular formula is C19H29NO2. The number of carbonyl (C=O) groups excluding carboxylic acids is 1. The summed E-state index contributed by atoms with van der Waals surface area (Å²) in [4.78, 5) is 12.0. The van der Waals surface area contributed by atoms with E-state index in [9.17, 15) is 9.90 Å². The van der Waals surface area contributed by atoms with Crippen molar-refractivity contribution < 1.29 is 9.90 Å². The number of aldehydes is 1. The van der Waals surface area contributed by atoms with E-state index in [1.54, 1.807) is 6.92 Å². The van der Waals surface area contributed by atoms with Gasteiger partial charge in [-0.3, -0.25) is 0 Å². The van der Waals surface area contributed by atoms with Gasteiger partial charge in [0.1, 0.15) is 6.29 Å². The minimum Gasteiger partial charge on any atom is -0.389 e. The Bertz CT molecular complexity index is 507. The van der Waals surface area contributed by atoms with Crippen molar-refractivity contribution in [2.24, 2.45) is 16.7 Å². The van der Waals surface area contributed by atoms with Crippen LogP contribution in [0.4, 0.5) is 5.69 Å². The maximum Gasteiger partial charge on any atom is 0.128 e. The highest BCUT2D eigenvalue weighted by atomic mass is 16.3. The van der Waals surface area contributed by atoms with Gasteiger partial charge in [0.15, 0.2) is 0 Å². The molecule has 0 saturated heterocycles. The summed E-state index contributed by atoms with van der Waals surface area (Å²) < 4.78 is 0. The maximum absolute atomic E-state index is 12.0. The first kappa shape index (κ1) is 17.0. The molecule has 3 heteroatoms. The topological polar surface area (TPSA) is 49.3 Å². The van der Waals surface area contributed by atoms with Crippen molar-refractivity contribution in [3.63, 3.8) is 0 Å². The number of rotatable bonds is 5. The van der Waals surface area contributed by atoms with Gasteiger partial charge in [0.25, 0.3) is 0 Å². The molecule has 1 aromatic carbocycles. The lowest BCUT2D eigenvalue weighted by molar-refractivity contribution is -0.129. The van der Waals surface area contributed by atoms with Crippen LogP contribution in [0.15, 0.2) is 24.3 Å². The molecule has 3 unspecified atom stereocenters. The second-order valence-corrected chi connectivity index (χ2v) is 7.49. The van der Waals surface area contributed by atoms with Gasteiger partial charge in [-0.1, -0.05) is 39.3 Å². The number of hydrogen-bond acceptors (Lipinski definition) is 3. The third-order valence-corrected chi connectivity index (χ3v) is 5.77. The maximum atomic E-state index is 12.0. The molecule has 1 fully saturated rings. The Hall–Kier alpha value is -1.35. The van der Waals surface area contributed by atoms with E-state index >= 15 is 0 Å². The van der Waals surface area contributed by atoms with Gasteiger partial charge in [0, 0.05) is 12.2 Å². The second-order valence-electron chi connectivity index (χ2n) is 7.49. The van der Waals surface area contributed by atoms with Gasteiger partial charge in [0.2, 0.25) is 0 Å². The fraction of sp³-hybridized carbons (Fsp3) is 0.632. The van der Waals surface area contributed by atoms with E-state index in [4.69, 9.17) is 0 Å². The number of aliphatic hydroxyl groups excluding tert-OH is 1. The quantitative estimate of drug-likeness (QED) is 0.802. The summed E-state index contributed by atoms with van der Waals surface area (Å²) in [5, 5.41) is 13.0. The Kier molecular flexibility index (Phi) is 4.96. The Morgan fingerprint density at radius 3 is 2.50 bits per heavy atom. The summed E-state index contributed by atoms with van der Waals surface area (Å²) in [5.41, 5.74) is 1.59. The van der Waals surface area contributed by atoms with Gasteiger partial charge in [0.05, 0.1) is 11.5 Å². The Labute approximate surface area is 134 Å². The Balaban J connectivity index is 2.14. The standard InChI is InChI=1S/C19H29NO2/c1-14-6-5-11-18(3,4)19(14,13-21)12-20-17-9-7-16(8-10-17)15(2)22/h7-10,13-15,20,22H,5-6,11-12H2,1-4H3. The fourth-order valence-electron chi connectivity index (χ4n) is 3.87. The molecule has 0 aliphatic heterocycles. The van der Waals surface area contributed by atoms with E-state index in [0.29, 0.717) is 12.5 Å². The lowest BCUT2D eigenvalue weighted by Crippen LogP contribution is -2.51. The molecule has 122 valence electrons. The van der Waals surface area contributed by atoms with Gasteiger partial charge in [-0.05, 0) is 48.8 Å². The van der Waals surface area contributed by atoms with Crippen molar-refractivity contribution in [1.82, 2.24) is 0 Å². The summed E-state index contributed by atoms with van der Waals surface area (Å²) in [6.45, 7) is 9.06. The summed E-state index contributed by atoms with van der Waals surface area (Å²) in [6.07, 6.45) is 4.15. The van der Waals surface area contributed by atoms with Crippen LogP contribution < -0.4 is 5.32 Å². The lowest BCUT2D eigenvalue weighted by Gasteiger charge is -2.51. The van der Waals surface area contributed by atoms with Crippen LogP contribution in [0.1, 0.15) is 58.6 Å². The average molecular weight is 303 g/mol. The highest BCUT2D eigenvalue weighted by molar-refractivity contribution is 5.64. The molecule has 0 spiro atoms. The SMILES string of the molecule is CC(O)c1ccc(NCC2(C=O)C(C)CCCC2(C)C)cc1. The highest BCUT2D eigenvalue weighted by Gasteiger charge is 2.50. The van der Waals surface area contributed by atoms with Crippen LogP contribution in [-0.4, -0.2) is 17.9 Å². The van der Waals surface area contributed by atoms with E-state index in [1.165, 1.54) is 12.7 Å². The number of carbonyl (C=O) groups is 1. The minimum atomic E-state index is -0.451. The smallest absolute Gasteiger partial charge is 0.128 e. The number of aliphatic hydroxyl groups is 1. The molecule has 0 bridgehead atoms. The van der Waals surface area contributed by atoms with Crippen molar-refractivity contribution in [3.8, 4) is 0 Å². The molecule has 0 amide bonds. The van der Waals surface area contributed by atoms with E-state index in [-0.39, 0.29) is 10.8 Å².